The minimum atomic E-state index is 0. The van der Waals surface area contributed by atoms with Crippen LogP contribution in [0.2, 0.25) is 0 Å². The summed E-state index contributed by atoms with van der Waals surface area (Å²) in [4.78, 5) is 4.20. The van der Waals surface area contributed by atoms with E-state index < -0.39 is 0 Å². The molecule has 0 aliphatic carbocycles. The van der Waals surface area contributed by atoms with Crippen molar-refractivity contribution in [3.8, 4) is 0 Å². The number of halogens is 1. The van der Waals surface area contributed by atoms with Gasteiger partial charge in [0.15, 0.2) is 6.34 Å². The van der Waals surface area contributed by atoms with Crippen molar-refractivity contribution in [2.45, 2.75) is 12.8 Å². The summed E-state index contributed by atoms with van der Waals surface area (Å²) in [6.07, 6.45) is 4.04. The van der Waals surface area contributed by atoms with Crippen LogP contribution in [0.3, 0.4) is 0 Å². The zero-order chi connectivity index (χ0) is 8.16. The van der Waals surface area contributed by atoms with Gasteiger partial charge in [0, 0.05) is 6.61 Å². The van der Waals surface area contributed by atoms with Crippen LogP contribution in [-0.2, 0) is 0 Å². The largest absolute Gasteiger partial charge is 1.00 e. The van der Waals surface area contributed by atoms with Gasteiger partial charge in [-0.1, -0.05) is 0 Å². The van der Waals surface area contributed by atoms with Gasteiger partial charge >= 0.3 is 0 Å². The zero-order valence-corrected chi connectivity index (χ0v) is 8.30. The van der Waals surface area contributed by atoms with Gasteiger partial charge in [-0.15, -0.1) is 0 Å². The van der Waals surface area contributed by atoms with E-state index in [1.165, 1.54) is 0 Å². The molecule has 1 heterocycles. The van der Waals surface area contributed by atoms with Gasteiger partial charge in [-0.05, 0) is 12.8 Å². The number of aliphatic imine (C=N–C) groups is 1. The molecule has 1 N–H and O–H groups in total. The molecule has 1 atom stereocenters. The van der Waals surface area contributed by atoms with Crippen molar-refractivity contribution >= 4 is 6.34 Å². The highest BCUT2D eigenvalue weighted by Crippen LogP contribution is 2.06. The zero-order valence-electron chi connectivity index (χ0n) is 7.54. The number of rotatable bonds is 4. The maximum atomic E-state index is 8.58. The maximum Gasteiger partial charge on any atom is 0.185 e. The summed E-state index contributed by atoms with van der Waals surface area (Å²) in [5.41, 5.74) is 0. The van der Waals surface area contributed by atoms with E-state index in [2.05, 4.69) is 12.0 Å². The van der Waals surface area contributed by atoms with Crippen LogP contribution in [0.25, 0.3) is 0 Å². The molecule has 0 amide bonds. The Morgan fingerprint density at radius 3 is 2.75 bits per heavy atom. The van der Waals surface area contributed by atoms with Gasteiger partial charge in [-0.3, -0.25) is 4.48 Å². The predicted octanol–water partition coefficient (Wildman–Crippen LogP) is -2.75. The number of hydrogen-bond donors (Lipinski definition) is 1. The Bertz CT molecular complexity index is 152. The van der Waals surface area contributed by atoms with E-state index in [0.29, 0.717) is 6.61 Å². The molecule has 72 valence electrons. The van der Waals surface area contributed by atoms with Gasteiger partial charge in [0.2, 0.25) is 0 Å². The summed E-state index contributed by atoms with van der Waals surface area (Å²) >= 11 is 0. The van der Waals surface area contributed by atoms with Crippen LogP contribution in [0.5, 0.6) is 0 Å². The van der Waals surface area contributed by atoms with E-state index >= 15 is 0 Å². The van der Waals surface area contributed by atoms with Crippen molar-refractivity contribution < 1.29 is 22.0 Å². The predicted molar refractivity (Wildman–Crippen MR) is 45.6 cm³/mol. The molecule has 4 heteroatoms. The van der Waals surface area contributed by atoms with E-state index in [1.54, 1.807) is 0 Å². The number of nitrogens with zero attached hydrogens (tertiary/aromatic N) is 2. The van der Waals surface area contributed by atoms with Crippen molar-refractivity contribution in [1.29, 1.82) is 0 Å². The first-order valence-electron chi connectivity index (χ1n) is 4.23. The lowest BCUT2D eigenvalue weighted by atomic mass is 10.3. The van der Waals surface area contributed by atoms with Crippen LogP contribution in [0, 0.1) is 0 Å². The first-order chi connectivity index (χ1) is 5.27. The Kier molecular flexibility index (Phi) is 5.46. The number of aliphatic hydroxyl groups excluding tert-OH is 1. The van der Waals surface area contributed by atoms with Crippen molar-refractivity contribution in [2.75, 3.05) is 33.3 Å². The average Bonchev–Trinajstić information content (AvgIpc) is 2.38. The molecular formula is C8H17ClN2O. The first-order valence-corrected chi connectivity index (χ1v) is 4.23. The quantitative estimate of drug-likeness (QED) is 0.380. The molecule has 0 aromatic heterocycles. The van der Waals surface area contributed by atoms with Gasteiger partial charge in [-0.25, -0.2) is 4.99 Å². The molecule has 0 aromatic rings. The fourth-order valence-electron chi connectivity index (χ4n) is 1.35. The smallest absolute Gasteiger partial charge is 0.185 e. The highest BCUT2D eigenvalue weighted by atomic mass is 35.5. The molecule has 12 heavy (non-hydrogen) atoms. The van der Waals surface area contributed by atoms with Gasteiger partial charge in [0.1, 0.15) is 6.54 Å². The molecule has 0 radical (unpaired) electrons. The average molecular weight is 193 g/mol. The molecule has 0 bridgehead atoms. The molecular weight excluding hydrogens is 176 g/mol. The van der Waals surface area contributed by atoms with E-state index in [9.17, 15) is 0 Å². The number of hydrogen-bond acceptors (Lipinski definition) is 2. The van der Waals surface area contributed by atoms with E-state index in [4.69, 9.17) is 5.11 Å². The molecule has 0 spiro atoms. The van der Waals surface area contributed by atoms with Crippen LogP contribution < -0.4 is 12.4 Å². The number of unbranched alkanes of at least 4 members (excludes halogenated alkanes) is 1. The van der Waals surface area contributed by atoms with Gasteiger partial charge in [-0.2, -0.15) is 0 Å². The van der Waals surface area contributed by atoms with Crippen LogP contribution in [-0.4, -0.2) is 49.2 Å². The summed E-state index contributed by atoms with van der Waals surface area (Å²) in [5.74, 6) is 0. The number of aliphatic hydroxyl groups is 1. The molecule has 1 aliphatic heterocycles. The van der Waals surface area contributed by atoms with Crippen LogP contribution in [0.15, 0.2) is 4.99 Å². The highest BCUT2D eigenvalue weighted by Gasteiger charge is 2.22. The molecule has 3 nitrogen and oxygen atoms in total. The topological polar surface area (TPSA) is 32.6 Å². The Hall–Kier alpha value is -0.120. The number of quaternary nitrogens is 1. The number of likely N-dealkylation sites (N-methyl/N-ethyl adjacent to an activating group) is 1. The second-order valence-electron chi connectivity index (χ2n) is 3.38. The van der Waals surface area contributed by atoms with E-state index in [1.807, 2.05) is 6.34 Å². The first kappa shape index (κ1) is 11.9. The van der Waals surface area contributed by atoms with Crippen molar-refractivity contribution in [3.05, 3.63) is 0 Å². The summed E-state index contributed by atoms with van der Waals surface area (Å²) in [7, 11) is 2.19. The third-order valence-electron chi connectivity index (χ3n) is 2.18. The Morgan fingerprint density at radius 1 is 1.50 bits per heavy atom. The molecule has 1 rings (SSSR count). The van der Waals surface area contributed by atoms with Crippen LogP contribution in [0.1, 0.15) is 12.8 Å². The van der Waals surface area contributed by atoms with E-state index in [0.717, 1.165) is 37.0 Å². The summed E-state index contributed by atoms with van der Waals surface area (Å²) < 4.78 is 0.958. The Labute approximate surface area is 80.1 Å². The van der Waals surface area contributed by atoms with Gasteiger partial charge < -0.3 is 17.5 Å². The summed E-state index contributed by atoms with van der Waals surface area (Å²) in [5, 5.41) is 8.58. The summed E-state index contributed by atoms with van der Waals surface area (Å²) in [6.45, 7) is 3.53. The Balaban J connectivity index is 0.00000121. The van der Waals surface area contributed by atoms with Gasteiger partial charge in [0.05, 0.1) is 20.1 Å². The summed E-state index contributed by atoms with van der Waals surface area (Å²) in [6, 6.07) is 0. The fourth-order valence-corrected chi connectivity index (χ4v) is 1.35. The second-order valence-corrected chi connectivity index (χ2v) is 3.38. The van der Waals surface area contributed by atoms with Crippen LogP contribution in [0.4, 0.5) is 0 Å². The maximum absolute atomic E-state index is 8.58. The van der Waals surface area contributed by atoms with E-state index in [-0.39, 0.29) is 12.4 Å². The Morgan fingerprint density at radius 2 is 2.25 bits per heavy atom. The van der Waals surface area contributed by atoms with Gasteiger partial charge in [0.25, 0.3) is 0 Å². The lowest BCUT2D eigenvalue weighted by Gasteiger charge is -2.24. The van der Waals surface area contributed by atoms with Crippen molar-refractivity contribution in [2.24, 2.45) is 4.99 Å². The third kappa shape index (κ3) is 3.52. The van der Waals surface area contributed by atoms with Crippen molar-refractivity contribution in [1.82, 2.24) is 0 Å². The third-order valence-corrected chi connectivity index (χ3v) is 2.18. The fraction of sp³-hybridized carbons (Fsp3) is 0.875. The lowest BCUT2D eigenvalue weighted by Crippen LogP contribution is -3.00. The second kappa shape index (κ2) is 5.51. The minimum Gasteiger partial charge on any atom is -1.00 e. The molecule has 1 aliphatic rings. The molecule has 0 saturated heterocycles. The lowest BCUT2D eigenvalue weighted by molar-refractivity contribution is -0.807. The van der Waals surface area contributed by atoms with Crippen LogP contribution >= 0.6 is 0 Å². The molecule has 1 unspecified atom stereocenters. The monoisotopic (exact) mass is 192 g/mol. The standard InChI is InChI=1S/C8H17N2O.ClH/c1-10(5-2-3-7-11)6-4-9-8-10;/h8,11H,2-7H2,1H3;1H/q+1;/p-1. The normalized spacial score (nSPS) is 27.2. The molecule has 0 fully saturated rings. The SMILES string of the molecule is C[N+]1(CCCCO)C=NCC1.[Cl-]. The van der Waals surface area contributed by atoms with Crippen molar-refractivity contribution in [3.63, 3.8) is 0 Å². The molecule has 0 saturated carbocycles. The highest BCUT2D eigenvalue weighted by molar-refractivity contribution is 5.47. The minimum absolute atomic E-state index is 0. The molecule has 0 aromatic carbocycles.